The van der Waals surface area contributed by atoms with Crippen LogP contribution in [-0.4, -0.2) is 37.2 Å². The van der Waals surface area contributed by atoms with Gasteiger partial charge in [0.1, 0.15) is 0 Å². The second-order valence-electron chi connectivity index (χ2n) is 4.57. The topological polar surface area (TPSA) is 123 Å². The van der Waals surface area contributed by atoms with Crippen LogP contribution in [0, 0.1) is 0 Å². The fourth-order valence-corrected chi connectivity index (χ4v) is 1.69. The summed E-state index contributed by atoms with van der Waals surface area (Å²) in [5, 5.41) is 12.2. The maximum atomic E-state index is 11.6. The second-order valence-corrected chi connectivity index (χ2v) is 4.57. The van der Waals surface area contributed by atoms with Gasteiger partial charge in [-0.3, -0.25) is 9.79 Å². The van der Waals surface area contributed by atoms with Crippen LogP contribution in [0.25, 0.3) is 6.08 Å². The van der Waals surface area contributed by atoms with Gasteiger partial charge in [0.2, 0.25) is 5.91 Å². The van der Waals surface area contributed by atoms with Gasteiger partial charge in [-0.15, -0.1) is 0 Å². The highest BCUT2D eigenvalue weighted by Gasteiger charge is 2.01. The second kappa shape index (κ2) is 9.28. The molecule has 0 spiro atoms. The summed E-state index contributed by atoms with van der Waals surface area (Å²) in [6, 6.07) is 4.85. The van der Waals surface area contributed by atoms with Crippen molar-refractivity contribution in [1.82, 2.24) is 5.32 Å². The molecule has 0 saturated heterocycles. The highest BCUT2D eigenvalue weighted by atomic mass is 16.5. The van der Waals surface area contributed by atoms with E-state index in [0.29, 0.717) is 18.8 Å². The summed E-state index contributed by atoms with van der Waals surface area (Å²) in [4.78, 5) is 15.5. The normalized spacial score (nSPS) is 10.4. The third-order valence-electron chi connectivity index (χ3n) is 2.81. The lowest BCUT2D eigenvalue weighted by Gasteiger charge is -2.04. The summed E-state index contributed by atoms with van der Waals surface area (Å²) in [5.41, 5.74) is 11.2. The summed E-state index contributed by atoms with van der Waals surface area (Å²) in [5.74, 6) is 0.317. The smallest absolute Gasteiger partial charge is 0.243 e. The van der Waals surface area contributed by atoms with E-state index in [1.807, 2.05) is 0 Å². The Balaban J connectivity index is 2.34. The first-order valence-electron chi connectivity index (χ1n) is 6.91. The molecule has 22 heavy (non-hydrogen) atoms. The minimum Gasteiger partial charge on any atom is -0.504 e. The number of benzene rings is 1. The zero-order chi connectivity index (χ0) is 16.4. The van der Waals surface area contributed by atoms with Crippen LogP contribution in [0.2, 0.25) is 0 Å². The first-order valence-corrected chi connectivity index (χ1v) is 6.91. The highest BCUT2D eigenvalue weighted by Crippen LogP contribution is 2.26. The van der Waals surface area contributed by atoms with E-state index in [9.17, 15) is 9.90 Å². The van der Waals surface area contributed by atoms with Crippen molar-refractivity contribution in [3.63, 3.8) is 0 Å². The van der Waals surface area contributed by atoms with Crippen molar-refractivity contribution in [2.24, 2.45) is 16.5 Å². The number of methoxy groups -OCH3 is 1. The van der Waals surface area contributed by atoms with Gasteiger partial charge in [0.15, 0.2) is 17.5 Å². The average Bonchev–Trinajstić information content (AvgIpc) is 2.49. The number of rotatable bonds is 8. The Morgan fingerprint density at radius 2 is 2.18 bits per heavy atom. The van der Waals surface area contributed by atoms with Gasteiger partial charge in [-0.2, -0.15) is 0 Å². The van der Waals surface area contributed by atoms with Crippen LogP contribution in [-0.2, 0) is 4.79 Å². The number of phenols is 1. The lowest BCUT2D eigenvalue weighted by molar-refractivity contribution is -0.116. The van der Waals surface area contributed by atoms with Crippen LogP contribution < -0.4 is 21.5 Å². The van der Waals surface area contributed by atoms with Gasteiger partial charge in [-0.05, 0) is 36.6 Å². The monoisotopic (exact) mass is 306 g/mol. The van der Waals surface area contributed by atoms with Crippen molar-refractivity contribution in [1.29, 1.82) is 0 Å². The van der Waals surface area contributed by atoms with Crippen LogP contribution in [0.1, 0.15) is 18.4 Å². The molecule has 0 atom stereocenters. The molecule has 1 rings (SSSR count). The van der Waals surface area contributed by atoms with Crippen LogP contribution in [0.3, 0.4) is 0 Å². The van der Waals surface area contributed by atoms with Crippen LogP contribution in [0.15, 0.2) is 29.3 Å². The van der Waals surface area contributed by atoms with Crippen LogP contribution in [0.5, 0.6) is 11.5 Å². The number of aromatic hydroxyl groups is 1. The van der Waals surface area contributed by atoms with E-state index in [2.05, 4.69) is 10.3 Å². The van der Waals surface area contributed by atoms with E-state index in [-0.39, 0.29) is 17.6 Å². The van der Waals surface area contributed by atoms with Gasteiger partial charge in [-0.25, -0.2) is 0 Å². The number of carbonyl (C=O) groups excluding carboxylic acids is 1. The van der Waals surface area contributed by atoms with Crippen LogP contribution in [0.4, 0.5) is 0 Å². The molecule has 1 aromatic rings. The molecule has 0 unspecified atom stereocenters. The fourth-order valence-electron chi connectivity index (χ4n) is 1.69. The molecule has 1 aromatic carbocycles. The summed E-state index contributed by atoms with van der Waals surface area (Å²) in [7, 11) is 1.47. The van der Waals surface area contributed by atoms with Crippen molar-refractivity contribution < 1.29 is 14.6 Å². The van der Waals surface area contributed by atoms with Crippen molar-refractivity contribution >= 4 is 17.9 Å². The molecule has 120 valence electrons. The SMILES string of the molecule is COc1cc(C=CC(=O)NCCCCN=C(N)N)ccc1O. The third kappa shape index (κ3) is 6.65. The minimum absolute atomic E-state index is 0.0601. The molecule has 0 aromatic heterocycles. The molecule has 6 N–H and O–H groups in total. The Morgan fingerprint density at radius 1 is 1.41 bits per heavy atom. The number of nitrogens with zero attached hydrogens (tertiary/aromatic N) is 1. The van der Waals surface area contributed by atoms with Gasteiger partial charge in [0.05, 0.1) is 7.11 Å². The number of amides is 1. The van der Waals surface area contributed by atoms with Gasteiger partial charge in [0, 0.05) is 19.2 Å². The Bertz CT molecular complexity index is 552. The fraction of sp³-hybridized carbons (Fsp3) is 0.333. The number of nitrogens with one attached hydrogen (secondary N) is 1. The predicted octanol–water partition coefficient (Wildman–Crippen LogP) is 0.584. The van der Waals surface area contributed by atoms with E-state index >= 15 is 0 Å². The average molecular weight is 306 g/mol. The number of carbonyl (C=O) groups is 1. The Labute approximate surface area is 129 Å². The standard InChI is InChI=1S/C15H22N4O3/c1-22-13-10-11(4-6-12(13)20)5-7-14(21)18-8-2-3-9-19-15(16)17/h4-7,10,20H,2-3,8-9H2,1H3,(H,18,21)(H4,16,17,19). The summed E-state index contributed by atoms with van der Waals surface area (Å²) in [6.45, 7) is 1.11. The maximum Gasteiger partial charge on any atom is 0.243 e. The van der Waals surface area contributed by atoms with Gasteiger partial charge < -0.3 is 26.6 Å². The number of hydrogen-bond donors (Lipinski definition) is 4. The number of ether oxygens (including phenoxy) is 1. The lowest BCUT2D eigenvalue weighted by Crippen LogP contribution is -2.24. The molecule has 7 heteroatoms. The lowest BCUT2D eigenvalue weighted by atomic mass is 10.2. The Morgan fingerprint density at radius 3 is 2.86 bits per heavy atom. The van der Waals surface area contributed by atoms with Gasteiger partial charge >= 0.3 is 0 Å². The number of hydrogen-bond acceptors (Lipinski definition) is 4. The summed E-state index contributed by atoms with van der Waals surface area (Å²) >= 11 is 0. The summed E-state index contributed by atoms with van der Waals surface area (Å²) < 4.78 is 5.00. The molecule has 0 radical (unpaired) electrons. The summed E-state index contributed by atoms with van der Waals surface area (Å²) in [6.07, 6.45) is 4.68. The predicted molar refractivity (Wildman–Crippen MR) is 86.6 cm³/mol. The molecule has 0 fully saturated rings. The number of aliphatic imine (C=N–C) groups is 1. The van der Waals surface area contributed by atoms with E-state index < -0.39 is 0 Å². The molecule has 7 nitrogen and oxygen atoms in total. The molecule has 0 bridgehead atoms. The van der Waals surface area contributed by atoms with E-state index in [0.717, 1.165) is 18.4 Å². The molecule has 0 aliphatic heterocycles. The van der Waals surface area contributed by atoms with E-state index in [1.54, 1.807) is 18.2 Å². The molecule has 0 saturated carbocycles. The molecular weight excluding hydrogens is 284 g/mol. The highest BCUT2D eigenvalue weighted by molar-refractivity contribution is 5.91. The zero-order valence-electron chi connectivity index (χ0n) is 12.6. The molecule has 0 heterocycles. The quantitative estimate of drug-likeness (QED) is 0.242. The Kier molecular flexibility index (Phi) is 7.32. The minimum atomic E-state index is -0.186. The Hall–Kier alpha value is -2.70. The van der Waals surface area contributed by atoms with Crippen molar-refractivity contribution in [3.8, 4) is 11.5 Å². The molecule has 0 aliphatic rings. The van der Waals surface area contributed by atoms with Crippen molar-refractivity contribution in [2.75, 3.05) is 20.2 Å². The number of guanidine groups is 1. The molecule has 1 amide bonds. The number of nitrogens with two attached hydrogens (primary N) is 2. The zero-order valence-corrected chi connectivity index (χ0v) is 12.6. The van der Waals surface area contributed by atoms with Crippen molar-refractivity contribution in [3.05, 3.63) is 29.8 Å². The first kappa shape index (κ1) is 17.4. The van der Waals surface area contributed by atoms with Gasteiger partial charge in [0.25, 0.3) is 0 Å². The van der Waals surface area contributed by atoms with E-state index in [4.69, 9.17) is 16.2 Å². The molecule has 0 aliphatic carbocycles. The van der Waals surface area contributed by atoms with Crippen molar-refractivity contribution in [2.45, 2.75) is 12.8 Å². The van der Waals surface area contributed by atoms with E-state index in [1.165, 1.54) is 19.3 Å². The molecular formula is C15H22N4O3. The first-order chi connectivity index (χ1) is 10.5. The van der Waals surface area contributed by atoms with Crippen LogP contribution >= 0.6 is 0 Å². The maximum absolute atomic E-state index is 11.6. The number of unbranched alkanes of at least 4 members (excludes halogenated alkanes) is 1. The third-order valence-corrected chi connectivity index (χ3v) is 2.81. The van der Waals surface area contributed by atoms with Gasteiger partial charge in [-0.1, -0.05) is 6.07 Å². The largest absolute Gasteiger partial charge is 0.504 e. The number of phenolic OH excluding ortho intramolecular Hbond substituents is 1.